The predicted molar refractivity (Wildman–Crippen MR) is 244 cm³/mol. The zero-order valence-electron chi connectivity index (χ0n) is 39.1. The second-order valence-corrected chi connectivity index (χ2v) is 17.4. The molecule has 25 nitrogen and oxygen atoms in total. The maximum atomic E-state index is 14.1. The predicted octanol–water partition coefficient (Wildman–Crippen LogP) is -4.42. The van der Waals surface area contributed by atoms with Gasteiger partial charge in [0.1, 0.15) is 42.0 Å². The number of likely N-dealkylation sites (N-methyl/N-ethyl adjacent to an activating group) is 1. The smallest absolute Gasteiger partial charge is 0.245 e. The summed E-state index contributed by atoms with van der Waals surface area (Å²) >= 11 is 0. The number of rotatable bonds is 17. The molecule has 0 radical (unpaired) electrons. The Morgan fingerprint density at radius 1 is 0.754 bits per heavy atom. The minimum Gasteiger partial charge on any atom is -0.508 e. The number of aromatic hydroxyl groups is 1. The molecule has 15 N–H and O–H groups in total. The van der Waals surface area contributed by atoms with E-state index in [9.17, 15) is 62.6 Å². The van der Waals surface area contributed by atoms with E-state index in [0.29, 0.717) is 24.8 Å². The first-order valence-corrected chi connectivity index (χ1v) is 22.8. The number of amides is 12. The fourth-order valence-electron chi connectivity index (χ4n) is 7.78. The van der Waals surface area contributed by atoms with Gasteiger partial charge < -0.3 is 69.7 Å². The number of nitrogens with zero attached hydrogens (tertiary/aromatic N) is 1. The summed E-state index contributed by atoms with van der Waals surface area (Å²) in [6.45, 7) is 1.51. The van der Waals surface area contributed by atoms with Gasteiger partial charge in [-0.3, -0.25) is 57.5 Å². The highest BCUT2D eigenvalue weighted by molar-refractivity contribution is 5.99. The number of nitrogens with two attached hydrogens (primary N) is 3. The molecule has 1 aliphatic carbocycles. The summed E-state index contributed by atoms with van der Waals surface area (Å²) in [4.78, 5) is 160. The summed E-state index contributed by atoms with van der Waals surface area (Å²) in [7, 11) is 1.20. The van der Waals surface area contributed by atoms with E-state index in [4.69, 9.17) is 17.2 Å². The Labute approximate surface area is 398 Å². The highest BCUT2D eigenvalue weighted by Gasteiger charge is 2.37. The molecular weight excluding hydrogens is 905 g/mol. The molecule has 380 valence electrons. The van der Waals surface area contributed by atoms with Gasteiger partial charge in [0.15, 0.2) is 0 Å². The van der Waals surface area contributed by atoms with Gasteiger partial charge >= 0.3 is 0 Å². The molecule has 1 saturated carbocycles. The molecule has 0 aromatic heterocycles. The molecule has 0 bridgehead atoms. The normalized spacial score (nSPS) is 22.3. The molecule has 1 saturated heterocycles. The molecule has 0 unspecified atom stereocenters. The summed E-state index contributed by atoms with van der Waals surface area (Å²) in [6.07, 6.45) is 1.11. The van der Waals surface area contributed by atoms with Crippen molar-refractivity contribution in [3.05, 3.63) is 29.8 Å². The van der Waals surface area contributed by atoms with E-state index < -0.39 is 165 Å². The maximum Gasteiger partial charge on any atom is 0.245 e. The third kappa shape index (κ3) is 19.1. The van der Waals surface area contributed by atoms with Gasteiger partial charge in [-0.05, 0) is 55.2 Å². The zero-order valence-corrected chi connectivity index (χ0v) is 39.1. The Morgan fingerprint density at radius 2 is 1.38 bits per heavy atom. The molecule has 1 aromatic carbocycles. The fourth-order valence-corrected chi connectivity index (χ4v) is 7.78. The Bertz CT molecular complexity index is 2060. The lowest BCUT2D eigenvalue weighted by Gasteiger charge is -2.31. The Balaban J connectivity index is 2.00. The lowest BCUT2D eigenvalue weighted by molar-refractivity contribution is -0.140. The van der Waals surface area contributed by atoms with Crippen LogP contribution >= 0.6 is 0 Å². The molecule has 1 aromatic rings. The number of nitrogens with one attached hydrogen (secondary N) is 8. The van der Waals surface area contributed by atoms with Crippen LogP contribution in [0.3, 0.4) is 0 Å². The molecule has 1 aliphatic heterocycles. The number of carbonyl (C=O) groups excluding carboxylic acids is 12. The van der Waals surface area contributed by atoms with Crippen molar-refractivity contribution in [2.24, 2.45) is 29.0 Å². The second-order valence-electron chi connectivity index (χ2n) is 17.4. The lowest BCUT2D eigenvalue weighted by Crippen LogP contribution is -2.61. The molecule has 12 amide bonds. The number of primary amides is 3. The van der Waals surface area contributed by atoms with Gasteiger partial charge in [0, 0.05) is 26.3 Å². The van der Waals surface area contributed by atoms with Gasteiger partial charge in [0.25, 0.3) is 0 Å². The lowest BCUT2D eigenvalue weighted by atomic mass is 9.83. The van der Waals surface area contributed by atoms with Crippen LogP contribution in [0.1, 0.15) is 90.0 Å². The quantitative estimate of drug-likeness (QED) is 0.0703. The van der Waals surface area contributed by atoms with Gasteiger partial charge in [-0.2, -0.15) is 0 Å². The van der Waals surface area contributed by atoms with E-state index >= 15 is 0 Å². The first-order chi connectivity index (χ1) is 32.6. The zero-order chi connectivity index (χ0) is 51.4. The number of carbonyl (C=O) groups is 12. The van der Waals surface area contributed by atoms with Crippen LogP contribution in [0.5, 0.6) is 5.75 Å². The van der Waals surface area contributed by atoms with Crippen LogP contribution in [0, 0.1) is 11.8 Å². The standard InChI is InChI=1S/C44H66N12O13/c1-4-23(2)37-43(68)51-27(14-16-31(45)58)39(64)53-30(19-32(46)59)40(65)52-28(15-17-34(61)48-21-35(62)50-29(41(66)55-37)18-24-10-12-26(57)13-11-24)44(69)56(3)22-36(63)54-38(25-8-6-5-7-9-25)42(67)49-20-33(47)60/h10-13,23,25,27-30,37-38,57H,4-9,14-22H2,1-3H3,(H2,45,58)(H2,46,59)(H2,47,60)(H,48,61)(H,49,67)(H,50,62)(H,51,68)(H,52,65)(H,53,64)(H,54,63)(H,55,66)/t23-,27-,28-,29-,30-,37-,38-/m0/s1. The van der Waals surface area contributed by atoms with Crippen LogP contribution in [0.4, 0.5) is 0 Å². The molecule has 1 heterocycles. The van der Waals surface area contributed by atoms with Crippen LogP contribution in [0.15, 0.2) is 24.3 Å². The molecule has 3 rings (SSSR count). The summed E-state index contributed by atoms with van der Waals surface area (Å²) < 4.78 is 0. The van der Waals surface area contributed by atoms with Crippen molar-refractivity contribution in [3.63, 3.8) is 0 Å². The molecule has 0 spiro atoms. The van der Waals surface area contributed by atoms with Crippen molar-refractivity contribution in [1.82, 2.24) is 47.4 Å². The Hall–Kier alpha value is -7.34. The number of benzene rings is 1. The van der Waals surface area contributed by atoms with E-state index in [1.54, 1.807) is 13.8 Å². The van der Waals surface area contributed by atoms with Crippen LogP contribution in [-0.4, -0.2) is 144 Å². The summed E-state index contributed by atoms with van der Waals surface area (Å²) in [5, 5.41) is 29.6. The molecule has 2 aliphatic rings. The Kier molecular flexibility index (Phi) is 22.3. The number of phenols is 1. The number of phenolic OH excluding ortho intramolecular Hbond substituents is 1. The number of hydrogen-bond acceptors (Lipinski definition) is 13. The highest BCUT2D eigenvalue weighted by Crippen LogP contribution is 2.27. The van der Waals surface area contributed by atoms with E-state index in [1.807, 2.05) is 0 Å². The van der Waals surface area contributed by atoms with E-state index in [2.05, 4.69) is 42.5 Å². The van der Waals surface area contributed by atoms with Crippen molar-refractivity contribution in [2.45, 2.75) is 127 Å². The molecule has 25 heteroatoms. The van der Waals surface area contributed by atoms with Gasteiger partial charge in [0.05, 0.1) is 26.1 Å². The first-order valence-electron chi connectivity index (χ1n) is 22.8. The first kappa shape index (κ1) is 56.0. The van der Waals surface area contributed by atoms with E-state index in [-0.39, 0.29) is 18.1 Å². The minimum atomic E-state index is -1.82. The van der Waals surface area contributed by atoms with Crippen molar-refractivity contribution in [1.29, 1.82) is 0 Å². The van der Waals surface area contributed by atoms with Crippen LogP contribution in [0.2, 0.25) is 0 Å². The molecule has 7 atom stereocenters. The average Bonchev–Trinajstić information content (AvgIpc) is 3.30. The summed E-state index contributed by atoms with van der Waals surface area (Å²) in [5.74, 6) is -11.8. The van der Waals surface area contributed by atoms with Crippen LogP contribution in [-0.2, 0) is 64.0 Å². The summed E-state index contributed by atoms with van der Waals surface area (Å²) in [5.41, 5.74) is 16.5. The van der Waals surface area contributed by atoms with Gasteiger partial charge in [0.2, 0.25) is 70.9 Å². The SMILES string of the molecule is CC[C@H](C)[C@@H]1NC(=O)[C@H](Cc2ccc(O)cc2)NC(=O)CNC(=O)CC[C@@H](C(=O)N(C)CC(=O)N[C@H](C(=O)NCC(N)=O)C2CCCCC2)NC(=O)[C@H](CC(N)=O)NC(=O)[C@H](CCC(N)=O)NC1=O. The van der Waals surface area contributed by atoms with Gasteiger partial charge in [-0.15, -0.1) is 0 Å². The van der Waals surface area contributed by atoms with E-state index in [0.717, 1.165) is 24.2 Å². The topological polar surface area (TPSA) is 403 Å². The number of hydrogen-bond donors (Lipinski definition) is 12. The van der Waals surface area contributed by atoms with Crippen molar-refractivity contribution in [3.8, 4) is 5.75 Å². The van der Waals surface area contributed by atoms with Crippen molar-refractivity contribution >= 4 is 70.9 Å². The monoisotopic (exact) mass is 970 g/mol. The highest BCUT2D eigenvalue weighted by atomic mass is 16.3. The second kappa shape index (κ2) is 27.5. The van der Waals surface area contributed by atoms with E-state index in [1.165, 1.54) is 31.3 Å². The molecular formula is C44H66N12O13. The van der Waals surface area contributed by atoms with Gasteiger partial charge in [-0.1, -0.05) is 51.7 Å². The molecule has 69 heavy (non-hydrogen) atoms. The summed E-state index contributed by atoms with van der Waals surface area (Å²) in [6, 6.07) is -3.17. The Morgan fingerprint density at radius 3 is 1.99 bits per heavy atom. The molecule has 2 fully saturated rings. The third-order valence-corrected chi connectivity index (χ3v) is 11.8. The van der Waals surface area contributed by atoms with Gasteiger partial charge in [-0.25, -0.2) is 0 Å². The van der Waals surface area contributed by atoms with Crippen molar-refractivity contribution in [2.75, 3.05) is 26.7 Å². The third-order valence-electron chi connectivity index (χ3n) is 11.8. The minimum absolute atomic E-state index is 0.0696. The average molecular weight is 971 g/mol. The maximum absolute atomic E-state index is 14.1. The van der Waals surface area contributed by atoms with Crippen molar-refractivity contribution < 1.29 is 62.6 Å². The largest absolute Gasteiger partial charge is 0.508 e. The van der Waals surface area contributed by atoms with Crippen LogP contribution < -0.4 is 59.7 Å². The van der Waals surface area contributed by atoms with Crippen LogP contribution in [0.25, 0.3) is 0 Å². The fraction of sp³-hybridized carbons (Fsp3) is 0.591.